The Morgan fingerprint density at radius 2 is 1.93 bits per heavy atom. The maximum Gasteiger partial charge on any atom is 0.139 e. The molecule has 84 valence electrons. The summed E-state index contributed by atoms with van der Waals surface area (Å²) in [7, 11) is 0. The molecule has 1 unspecified atom stereocenters. The third-order valence-corrected chi connectivity index (χ3v) is 2.61. The largest absolute Gasteiger partial charge is 0.377 e. The summed E-state index contributed by atoms with van der Waals surface area (Å²) in [6, 6.07) is 0. The van der Waals surface area contributed by atoms with E-state index < -0.39 is 5.72 Å². The second kappa shape index (κ2) is 5.10. The number of likely N-dealkylation sites (tertiary alicyclic amines) is 1. The van der Waals surface area contributed by atoms with Crippen LogP contribution in [0.1, 0.15) is 33.6 Å². The van der Waals surface area contributed by atoms with Gasteiger partial charge in [-0.25, -0.2) is 0 Å². The normalized spacial score (nSPS) is 22.9. The first-order valence-electron chi connectivity index (χ1n) is 5.57. The molecule has 1 rings (SSSR count). The molecule has 3 heteroatoms. The summed E-state index contributed by atoms with van der Waals surface area (Å²) in [4.78, 5) is 2.10. The number of rotatable bonds is 5. The van der Waals surface area contributed by atoms with Crippen LogP contribution in [-0.2, 0) is 4.74 Å². The first kappa shape index (κ1) is 12.0. The Labute approximate surface area is 87.1 Å². The zero-order valence-electron chi connectivity index (χ0n) is 9.62. The minimum Gasteiger partial charge on any atom is -0.377 e. The van der Waals surface area contributed by atoms with Crippen LogP contribution in [0.25, 0.3) is 0 Å². The molecule has 1 saturated heterocycles. The van der Waals surface area contributed by atoms with Gasteiger partial charge in [0.05, 0.1) is 6.61 Å². The molecule has 0 bridgehead atoms. The maximum absolute atomic E-state index is 10.1. The highest BCUT2D eigenvalue weighted by atomic mass is 16.5. The van der Waals surface area contributed by atoms with Crippen molar-refractivity contribution in [2.24, 2.45) is 5.92 Å². The van der Waals surface area contributed by atoms with E-state index in [0.29, 0.717) is 12.5 Å². The highest BCUT2D eigenvalue weighted by Crippen LogP contribution is 2.19. The molecule has 0 aromatic rings. The molecule has 0 amide bonds. The summed E-state index contributed by atoms with van der Waals surface area (Å²) in [5, 5.41) is 10.1. The van der Waals surface area contributed by atoms with Crippen molar-refractivity contribution in [3.8, 4) is 0 Å². The molecule has 0 saturated carbocycles. The van der Waals surface area contributed by atoms with E-state index in [4.69, 9.17) is 4.74 Å². The molecule has 1 fully saturated rings. The van der Waals surface area contributed by atoms with Crippen LogP contribution in [0.15, 0.2) is 0 Å². The number of nitrogens with zero attached hydrogens (tertiary/aromatic N) is 1. The van der Waals surface area contributed by atoms with E-state index >= 15 is 0 Å². The predicted molar refractivity (Wildman–Crippen MR) is 57.1 cm³/mol. The minimum atomic E-state index is -0.772. The van der Waals surface area contributed by atoms with Crippen LogP contribution < -0.4 is 0 Å². The third-order valence-electron chi connectivity index (χ3n) is 2.61. The first-order chi connectivity index (χ1) is 6.52. The third kappa shape index (κ3) is 3.56. The summed E-state index contributed by atoms with van der Waals surface area (Å²) >= 11 is 0. The van der Waals surface area contributed by atoms with Gasteiger partial charge >= 0.3 is 0 Å². The average Bonchev–Trinajstić information content (AvgIpc) is 2.54. The number of aliphatic hydroxyl groups is 1. The summed E-state index contributed by atoms with van der Waals surface area (Å²) in [5.74, 6) is 0.532. The monoisotopic (exact) mass is 201 g/mol. The van der Waals surface area contributed by atoms with Crippen molar-refractivity contribution in [3.05, 3.63) is 0 Å². The highest BCUT2D eigenvalue weighted by Gasteiger charge is 2.31. The van der Waals surface area contributed by atoms with Crippen LogP contribution >= 0.6 is 0 Å². The fraction of sp³-hybridized carbons (Fsp3) is 1.00. The van der Waals surface area contributed by atoms with Gasteiger partial charge in [0.15, 0.2) is 0 Å². The van der Waals surface area contributed by atoms with Crippen LogP contribution in [0.4, 0.5) is 0 Å². The van der Waals surface area contributed by atoms with Crippen molar-refractivity contribution >= 4 is 0 Å². The van der Waals surface area contributed by atoms with Crippen LogP contribution in [0.2, 0.25) is 0 Å². The Bertz CT molecular complexity index is 163. The van der Waals surface area contributed by atoms with Crippen molar-refractivity contribution < 1.29 is 9.84 Å². The number of hydrogen-bond acceptors (Lipinski definition) is 3. The van der Waals surface area contributed by atoms with Crippen molar-refractivity contribution in [1.82, 2.24) is 4.90 Å². The molecule has 1 aliphatic heterocycles. The van der Waals surface area contributed by atoms with Crippen LogP contribution in [0, 0.1) is 5.92 Å². The fourth-order valence-corrected chi connectivity index (χ4v) is 1.78. The molecule has 1 aliphatic rings. The van der Waals surface area contributed by atoms with E-state index in [1.807, 2.05) is 6.92 Å². The minimum absolute atomic E-state index is 0.422. The molecule has 0 aromatic carbocycles. The second-order valence-electron chi connectivity index (χ2n) is 4.82. The average molecular weight is 201 g/mol. The molecule has 0 spiro atoms. The molecule has 1 atom stereocenters. The maximum atomic E-state index is 10.1. The second-order valence-corrected chi connectivity index (χ2v) is 4.82. The summed E-state index contributed by atoms with van der Waals surface area (Å²) in [5.41, 5.74) is -0.772. The number of hydrogen-bond donors (Lipinski definition) is 1. The molecule has 0 radical (unpaired) electrons. The smallest absolute Gasteiger partial charge is 0.139 e. The van der Waals surface area contributed by atoms with Gasteiger partial charge in [0.25, 0.3) is 0 Å². The molecule has 1 heterocycles. The van der Waals surface area contributed by atoms with Gasteiger partial charge in [-0.1, -0.05) is 13.8 Å². The molecule has 3 nitrogen and oxygen atoms in total. The van der Waals surface area contributed by atoms with E-state index in [2.05, 4.69) is 18.7 Å². The Morgan fingerprint density at radius 3 is 2.43 bits per heavy atom. The zero-order chi connectivity index (χ0) is 10.6. The lowest BCUT2D eigenvalue weighted by molar-refractivity contribution is -0.134. The summed E-state index contributed by atoms with van der Waals surface area (Å²) in [6.45, 7) is 9.22. The predicted octanol–water partition coefficient (Wildman–Crippen LogP) is 1.46. The lowest BCUT2D eigenvalue weighted by Gasteiger charge is -2.33. The van der Waals surface area contributed by atoms with Gasteiger partial charge in [0.1, 0.15) is 5.72 Å². The Kier molecular flexibility index (Phi) is 4.35. The van der Waals surface area contributed by atoms with Gasteiger partial charge in [-0.15, -0.1) is 0 Å². The van der Waals surface area contributed by atoms with Gasteiger partial charge in [-0.2, -0.15) is 0 Å². The lowest BCUT2D eigenvalue weighted by atomic mass is 10.2. The van der Waals surface area contributed by atoms with Crippen LogP contribution in [-0.4, -0.2) is 42.0 Å². The van der Waals surface area contributed by atoms with E-state index in [1.54, 1.807) is 0 Å². The summed E-state index contributed by atoms with van der Waals surface area (Å²) < 4.78 is 5.48. The molecule has 0 aromatic heterocycles. The van der Waals surface area contributed by atoms with Crippen LogP contribution in [0.5, 0.6) is 0 Å². The fourth-order valence-electron chi connectivity index (χ4n) is 1.78. The highest BCUT2D eigenvalue weighted by molar-refractivity contribution is 4.78. The Balaban J connectivity index is 2.25. The van der Waals surface area contributed by atoms with E-state index in [9.17, 15) is 5.11 Å². The van der Waals surface area contributed by atoms with Gasteiger partial charge < -0.3 is 9.84 Å². The molecule has 0 aliphatic carbocycles. The summed E-state index contributed by atoms with van der Waals surface area (Å²) in [6.07, 6.45) is 2.39. The Hall–Kier alpha value is -0.120. The van der Waals surface area contributed by atoms with Gasteiger partial charge in [0, 0.05) is 19.7 Å². The molecular formula is C11H23NO2. The first-order valence-corrected chi connectivity index (χ1v) is 5.57. The van der Waals surface area contributed by atoms with E-state index in [0.717, 1.165) is 19.7 Å². The van der Waals surface area contributed by atoms with Crippen molar-refractivity contribution in [2.75, 3.05) is 26.3 Å². The van der Waals surface area contributed by atoms with Crippen molar-refractivity contribution in [2.45, 2.75) is 39.3 Å². The molecule has 14 heavy (non-hydrogen) atoms. The zero-order valence-corrected chi connectivity index (χ0v) is 9.62. The van der Waals surface area contributed by atoms with Gasteiger partial charge in [-0.05, 0) is 25.7 Å². The quantitative estimate of drug-likeness (QED) is 0.731. The Morgan fingerprint density at radius 1 is 1.36 bits per heavy atom. The van der Waals surface area contributed by atoms with E-state index in [-0.39, 0.29) is 0 Å². The van der Waals surface area contributed by atoms with Gasteiger partial charge in [-0.3, -0.25) is 4.90 Å². The molecular weight excluding hydrogens is 178 g/mol. The molecule has 1 N–H and O–H groups in total. The van der Waals surface area contributed by atoms with Crippen molar-refractivity contribution in [1.29, 1.82) is 0 Å². The SMILES string of the molecule is CC(C)COCC(C)(O)N1CCCC1. The lowest BCUT2D eigenvalue weighted by Crippen LogP contribution is -2.48. The van der Waals surface area contributed by atoms with Crippen LogP contribution in [0.3, 0.4) is 0 Å². The standard InChI is InChI=1S/C11H23NO2/c1-10(2)8-14-9-11(3,13)12-6-4-5-7-12/h10,13H,4-9H2,1-3H3. The number of ether oxygens (including phenoxy) is 1. The van der Waals surface area contributed by atoms with Gasteiger partial charge in [0.2, 0.25) is 0 Å². The van der Waals surface area contributed by atoms with E-state index in [1.165, 1.54) is 12.8 Å². The topological polar surface area (TPSA) is 32.7 Å². The van der Waals surface area contributed by atoms with Crippen molar-refractivity contribution in [3.63, 3.8) is 0 Å².